The van der Waals surface area contributed by atoms with Crippen molar-refractivity contribution in [2.24, 2.45) is 0 Å². The largest absolute Gasteiger partial charge is 0.403 e. The Morgan fingerprint density at radius 3 is 2.60 bits per heavy atom. The molecule has 0 bridgehead atoms. The molecule has 5 heteroatoms. The lowest BCUT2D eigenvalue weighted by molar-refractivity contribution is 0.285. The zero-order valence-electron chi connectivity index (χ0n) is 8.11. The Labute approximate surface area is 97.1 Å². The molecule has 1 atom stereocenters. The van der Waals surface area contributed by atoms with Crippen molar-refractivity contribution in [2.75, 3.05) is 6.61 Å². The maximum Gasteiger partial charge on any atom is 0.403 e. The maximum absolute atomic E-state index is 11.2. The van der Waals surface area contributed by atoms with Gasteiger partial charge < -0.3 is 4.89 Å². The van der Waals surface area contributed by atoms with Gasteiger partial charge >= 0.3 is 7.60 Å². The van der Waals surface area contributed by atoms with Crippen LogP contribution in [-0.2, 0) is 9.09 Å². The van der Waals surface area contributed by atoms with Crippen molar-refractivity contribution in [1.29, 1.82) is 0 Å². The van der Waals surface area contributed by atoms with E-state index < -0.39 is 7.60 Å². The normalized spacial score (nSPS) is 13.8. The Morgan fingerprint density at radius 1 is 1.47 bits per heavy atom. The Hall–Kier alpha value is -0.590. The van der Waals surface area contributed by atoms with Gasteiger partial charge in [-0.2, -0.15) is 0 Å². The smallest absolute Gasteiger partial charge is 0.315 e. The summed E-state index contributed by atoms with van der Waals surface area (Å²) < 4.78 is 16.7. The summed E-state index contributed by atoms with van der Waals surface area (Å²) in [6.07, 6.45) is 0. The van der Waals surface area contributed by atoms with Crippen LogP contribution in [0.2, 0.25) is 0 Å². The number of hydrogen-bond acceptors (Lipinski definition) is 2. The van der Waals surface area contributed by atoms with E-state index in [0.717, 1.165) is 4.47 Å². The summed E-state index contributed by atoms with van der Waals surface area (Å²) in [4.78, 5) is 9.18. The van der Waals surface area contributed by atoms with Gasteiger partial charge in [-0.3, -0.25) is 4.52 Å². The van der Waals surface area contributed by atoms with Gasteiger partial charge in [-0.15, -0.1) is 0 Å². The summed E-state index contributed by atoms with van der Waals surface area (Å²) in [7, 11) is -3.74. The van der Waals surface area contributed by atoms with Crippen LogP contribution in [-0.4, -0.2) is 11.5 Å². The summed E-state index contributed by atoms with van der Waals surface area (Å²) in [5.74, 6) is 2.59. The Kier molecular flexibility index (Phi) is 4.56. The van der Waals surface area contributed by atoms with Crippen molar-refractivity contribution in [2.45, 2.75) is 6.92 Å². The summed E-state index contributed by atoms with van der Waals surface area (Å²) in [5, 5.41) is 0. The van der Waals surface area contributed by atoms with Gasteiger partial charge in [0.15, 0.2) is 0 Å². The number of benzene rings is 1. The highest BCUT2D eigenvalue weighted by Gasteiger charge is 2.12. The lowest BCUT2D eigenvalue weighted by atomic mass is 10.2. The fourth-order valence-corrected chi connectivity index (χ4v) is 1.82. The van der Waals surface area contributed by atoms with Crippen molar-refractivity contribution >= 4 is 23.5 Å². The molecule has 1 aromatic rings. The van der Waals surface area contributed by atoms with E-state index in [-0.39, 0.29) is 6.61 Å². The molecule has 0 amide bonds. The molecule has 0 aliphatic rings. The summed E-state index contributed by atoms with van der Waals surface area (Å²) in [5.41, 5.74) is 2.89. The van der Waals surface area contributed by atoms with Gasteiger partial charge in [0.25, 0.3) is 0 Å². The minimum Gasteiger partial charge on any atom is -0.315 e. The second kappa shape index (κ2) is 5.48. The predicted octanol–water partition coefficient (Wildman–Crippen LogP) is 2.98. The summed E-state index contributed by atoms with van der Waals surface area (Å²) >= 11 is 3.28. The molecular formula is C10H10BrO3P. The Bertz CT molecular complexity index is 430. The third-order valence-electron chi connectivity index (χ3n) is 1.49. The first-order valence-electron chi connectivity index (χ1n) is 4.29. The average molecular weight is 289 g/mol. The molecular weight excluding hydrogens is 279 g/mol. The standard InChI is InChI=1S/C10H10BrO3P/c1-2-14-15(12,13)8-7-9-3-5-10(11)6-4-9/h3-6H,2H2,1H3,(H,12,13). The molecule has 1 N–H and O–H groups in total. The minimum atomic E-state index is -3.74. The quantitative estimate of drug-likeness (QED) is 0.672. The highest BCUT2D eigenvalue weighted by atomic mass is 79.9. The second-order valence-electron chi connectivity index (χ2n) is 2.68. The lowest BCUT2D eigenvalue weighted by Gasteiger charge is -2.00. The van der Waals surface area contributed by atoms with Crippen LogP contribution in [0.5, 0.6) is 0 Å². The van der Waals surface area contributed by atoms with Gasteiger partial charge in [0.2, 0.25) is 0 Å². The molecule has 0 aliphatic heterocycles. The van der Waals surface area contributed by atoms with E-state index in [0.29, 0.717) is 5.56 Å². The van der Waals surface area contributed by atoms with Gasteiger partial charge in [-0.25, -0.2) is 4.57 Å². The zero-order chi connectivity index (χ0) is 11.3. The molecule has 0 heterocycles. The molecule has 1 rings (SSSR count). The first-order valence-corrected chi connectivity index (χ1v) is 6.67. The van der Waals surface area contributed by atoms with Crippen LogP contribution in [0.3, 0.4) is 0 Å². The second-order valence-corrected chi connectivity index (χ2v) is 5.12. The van der Waals surface area contributed by atoms with Crippen molar-refractivity contribution in [3.05, 3.63) is 34.3 Å². The average Bonchev–Trinajstić information content (AvgIpc) is 2.17. The predicted molar refractivity (Wildman–Crippen MR) is 62.5 cm³/mol. The van der Waals surface area contributed by atoms with Crippen molar-refractivity contribution in [3.63, 3.8) is 0 Å². The van der Waals surface area contributed by atoms with Gasteiger partial charge in [0.05, 0.1) is 6.61 Å². The van der Waals surface area contributed by atoms with Gasteiger partial charge in [0, 0.05) is 15.7 Å². The third-order valence-corrected chi connectivity index (χ3v) is 3.02. The van der Waals surface area contributed by atoms with Crippen molar-refractivity contribution < 1.29 is 14.0 Å². The molecule has 0 saturated heterocycles. The van der Waals surface area contributed by atoms with Gasteiger partial charge in [0.1, 0.15) is 0 Å². The van der Waals surface area contributed by atoms with E-state index in [1.54, 1.807) is 19.1 Å². The van der Waals surface area contributed by atoms with Gasteiger partial charge in [-0.05, 0) is 31.2 Å². The first-order chi connectivity index (χ1) is 7.03. The van der Waals surface area contributed by atoms with Crippen LogP contribution < -0.4 is 0 Å². The molecule has 80 valence electrons. The van der Waals surface area contributed by atoms with Crippen LogP contribution in [0.1, 0.15) is 12.5 Å². The lowest BCUT2D eigenvalue weighted by Crippen LogP contribution is -1.85. The molecule has 0 radical (unpaired) electrons. The molecule has 3 nitrogen and oxygen atoms in total. The number of hydrogen-bond donors (Lipinski definition) is 1. The van der Waals surface area contributed by atoms with E-state index in [9.17, 15) is 9.46 Å². The summed E-state index contributed by atoms with van der Waals surface area (Å²) in [6.45, 7) is 1.81. The highest BCUT2D eigenvalue weighted by Crippen LogP contribution is 2.39. The van der Waals surface area contributed by atoms with Crippen molar-refractivity contribution in [3.8, 4) is 11.6 Å². The van der Waals surface area contributed by atoms with E-state index in [1.807, 2.05) is 12.1 Å². The maximum atomic E-state index is 11.2. The van der Waals surface area contributed by atoms with Crippen LogP contribution in [0.25, 0.3) is 0 Å². The summed E-state index contributed by atoms with van der Waals surface area (Å²) in [6, 6.07) is 7.13. The van der Waals surface area contributed by atoms with E-state index >= 15 is 0 Å². The molecule has 0 fully saturated rings. The van der Waals surface area contributed by atoms with Gasteiger partial charge in [-0.1, -0.05) is 21.9 Å². The van der Waals surface area contributed by atoms with Crippen LogP contribution >= 0.6 is 23.5 Å². The van der Waals surface area contributed by atoms with Crippen LogP contribution in [0, 0.1) is 11.6 Å². The molecule has 1 aromatic carbocycles. The third kappa shape index (κ3) is 4.63. The molecule has 0 aromatic heterocycles. The van der Waals surface area contributed by atoms with Crippen LogP contribution in [0.4, 0.5) is 0 Å². The fourth-order valence-electron chi connectivity index (χ4n) is 0.876. The topological polar surface area (TPSA) is 46.5 Å². The zero-order valence-corrected chi connectivity index (χ0v) is 10.6. The van der Waals surface area contributed by atoms with E-state index in [1.165, 1.54) is 0 Å². The molecule has 1 unspecified atom stereocenters. The van der Waals surface area contributed by atoms with E-state index in [4.69, 9.17) is 0 Å². The SMILES string of the molecule is CCOP(=O)(O)C#Cc1ccc(Br)cc1. The van der Waals surface area contributed by atoms with Crippen molar-refractivity contribution in [1.82, 2.24) is 0 Å². The highest BCUT2D eigenvalue weighted by molar-refractivity contribution is 9.10. The van der Waals surface area contributed by atoms with E-state index in [2.05, 4.69) is 32.0 Å². The van der Waals surface area contributed by atoms with Crippen LogP contribution in [0.15, 0.2) is 28.7 Å². The number of halogens is 1. The first kappa shape index (κ1) is 12.5. The minimum absolute atomic E-state index is 0.169. The molecule has 15 heavy (non-hydrogen) atoms. The Balaban J connectivity index is 2.82. The fraction of sp³-hybridized carbons (Fsp3) is 0.200. The monoisotopic (exact) mass is 288 g/mol. The molecule has 0 aliphatic carbocycles. The number of rotatable bonds is 2. The molecule has 0 spiro atoms. The Morgan fingerprint density at radius 2 is 2.07 bits per heavy atom. The molecule has 0 saturated carbocycles.